The van der Waals surface area contributed by atoms with Gasteiger partial charge < -0.3 is 5.32 Å². The number of aromatic nitrogens is 4. The quantitative estimate of drug-likeness (QED) is 0.562. The Morgan fingerprint density at radius 1 is 1.00 bits per heavy atom. The molecule has 0 fully saturated rings. The molecule has 4 aromatic rings. The van der Waals surface area contributed by atoms with Crippen molar-refractivity contribution in [2.45, 2.75) is 26.3 Å². The molecule has 0 aliphatic rings. The maximum atomic E-state index is 13.2. The summed E-state index contributed by atoms with van der Waals surface area (Å²) in [5.74, 6) is 0.675. The van der Waals surface area contributed by atoms with E-state index in [2.05, 4.69) is 41.3 Å². The van der Waals surface area contributed by atoms with Crippen LogP contribution in [0.4, 0.5) is 10.2 Å². The van der Waals surface area contributed by atoms with Gasteiger partial charge in [-0.3, -0.25) is 9.50 Å². The number of hydrogen-bond donors (Lipinski definition) is 2. The Labute approximate surface area is 150 Å². The first-order valence-corrected chi connectivity index (χ1v) is 8.46. The summed E-state index contributed by atoms with van der Waals surface area (Å²) in [4.78, 5) is 4.45. The number of anilines is 1. The number of fused-ring (bicyclic) bond motifs is 1. The van der Waals surface area contributed by atoms with Crippen molar-refractivity contribution in [1.29, 1.82) is 0 Å². The molecule has 0 saturated heterocycles. The molecule has 4 rings (SSSR count). The number of imidazole rings is 1. The van der Waals surface area contributed by atoms with Crippen LogP contribution in [-0.4, -0.2) is 25.1 Å². The lowest BCUT2D eigenvalue weighted by atomic mass is 10.0. The normalized spacial score (nSPS) is 11.8. The zero-order valence-corrected chi connectivity index (χ0v) is 14.9. The van der Waals surface area contributed by atoms with Crippen molar-refractivity contribution in [2.24, 2.45) is 0 Å². The van der Waals surface area contributed by atoms with E-state index >= 15 is 0 Å². The summed E-state index contributed by atoms with van der Waals surface area (Å²) in [5.41, 5.74) is 4.50. The molecule has 1 aromatic carbocycles. The van der Waals surface area contributed by atoms with Gasteiger partial charge in [0.1, 0.15) is 17.3 Å². The SMILES string of the molecule is CC(C)(C)Nc1cnc2ccc(-c3cn[nH]c3-c3ccc(F)cc3)cn12. The predicted octanol–water partition coefficient (Wildman–Crippen LogP) is 4.74. The van der Waals surface area contributed by atoms with Gasteiger partial charge in [0, 0.05) is 28.4 Å². The topological polar surface area (TPSA) is 58.0 Å². The Balaban J connectivity index is 1.79. The summed E-state index contributed by atoms with van der Waals surface area (Å²) in [6, 6.07) is 10.4. The van der Waals surface area contributed by atoms with Gasteiger partial charge in [0.25, 0.3) is 0 Å². The molecule has 6 heteroatoms. The van der Waals surface area contributed by atoms with Crippen LogP contribution in [0.25, 0.3) is 28.0 Å². The summed E-state index contributed by atoms with van der Waals surface area (Å²) < 4.78 is 15.3. The molecule has 0 atom stereocenters. The first-order valence-electron chi connectivity index (χ1n) is 8.46. The summed E-state index contributed by atoms with van der Waals surface area (Å²) in [6.07, 6.45) is 5.66. The maximum absolute atomic E-state index is 13.2. The third kappa shape index (κ3) is 3.06. The predicted molar refractivity (Wildman–Crippen MR) is 102 cm³/mol. The highest BCUT2D eigenvalue weighted by molar-refractivity contribution is 5.80. The molecule has 0 spiro atoms. The first kappa shape index (κ1) is 16.3. The van der Waals surface area contributed by atoms with Crippen molar-refractivity contribution in [3.63, 3.8) is 0 Å². The van der Waals surface area contributed by atoms with Crippen LogP contribution in [0.5, 0.6) is 0 Å². The van der Waals surface area contributed by atoms with Crippen molar-refractivity contribution in [3.05, 3.63) is 60.8 Å². The highest BCUT2D eigenvalue weighted by atomic mass is 19.1. The van der Waals surface area contributed by atoms with Crippen molar-refractivity contribution in [2.75, 3.05) is 5.32 Å². The van der Waals surface area contributed by atoms with Crippen LogP contribution in [0, 0.1) is 5.82 Å². The number of nitrogens with zero attached hydrogens (tertiary/aromatic N) is 3. The highest BCUT2D eigenvalue weighted by Crippen LogP contribution is 2.31. The fourth-order valence-corrected chi connectivity index (χ4v) is 2.96. The minimum atomic E-state index is -0.257. The molecule has 0 saturated carbocycles. The molecule has 5 nitrogen and oxygen atoms in total. The largest absolute Gasteiger partial charge is 0.365 e. The Morgan fingerprint density at radius 3 is 2.46 bits per heavy atom. The van der Waals surface area contributed by atoms with Crippen molar-refractivity contribution < 1.29 is 4.39 Å². The number of rotatable bonds is 3. The Hall–Kier alpha value is -3.15. The van der Waals surface area contributed by atoms with E-state index in [1.54, 1.807) is 18.3 Å². The molecule has 3 aromatic heterocycles. The van der Waals surface area contributed by atoms with Gasteiger partial charge >= 0.3 is 0 Å². The van der Waals surface area contributed by atoms with E-state index < -0.39 is 0 Å². The van der Waals surface area contributed by atoms with Gasteiger partial charge in [0.2, 0.25) is 0 Å². The average Bonchev–Trinajstić information content (AvgIpc) is 3.21. The molecule has 0 bridgehead atoms. The van der Waals surface area contributed by atoms with Crippen LogP contribution in [-0.2, 0) is 0 Å². The zero-order valence-electron chi connectivity index (χ0n) is 14.9. The second-order valence-corrected chi connectivity index (χ2v) is 7.33. The van der Waals surface area contributed by atoms with Gasteiger partial charge in [-0.1, -0.05) is 0 Å². The number of H-pyrrole nitrogens is 1. The minimum absolute atomic E-state index is 0.0686. The van der Waals surface area contributed by atoms with E-state index in [4.69, 9.17) is 0 Å². The Kier molecular flexibility index (Phi) is 3.76. The van der Waals surface area contributed by atoms with E-state index in [1.807, 2.05) is 28.9 Å². The lowest BCUT2D eigenvalue weighted by molar-refractivity contribution is 0.628. The summed E-state index contributed by atoms with van der Waals surface area (Å²) in [5, 5.41) is 10.7. The lowest BCUT2D eigenvalue weighted by Gasteiger charge is -2.21. The van der Waals surface area contributed by atoms with Gasteiger partial charge in [0.15, 0.2) is 0 Å². The first-order chi connectivity index (χ1) is 12.4. The third-order valence-electron chi connectivity index (χ3n) is 4.09. The van der Waals surface area contributed by atoms with E-state index in [0.29, 0.717) is 0 Å². The maximum Gasteiger partial charge on any atom is 0.138 e. The summed E-state index contributed by atoms with van der Waals surface area (Å²) in [6.45, 7) is 6.33. The number of halogens is 1. The van der Waals surface area contributed by atoms with Gasteiger partial charge in [-0.25, -0.2) is 9.37 Å². The molecule has 0 unspecified atom stereocenters. The molecule has 0 aliphatic heterocycles. The molecule has 0 amide bonds. The van der Waals surface area contributed by atoms with Gasteiger partial charge in [0.05, 0.1) is 18.1 Å². The van der Waals surface area contributed by atoms with Crippen LogP contribution in [0.1, 0.15) is 20.8 Å². The fourth-order valence-electron chi connectivity index (χ4n) is 2.96. The monoisotopic (exact) mass is 349 g/mol. The van der Waals surface area contributed by atoms with Gasteiger partial charge in [-0.2, -0.15) is 5.10 Å². The fraction of sp³-hybridized carbons (Fsp3) is 0.200. The van der Waals surface area contributed by atoms with Crippen LogP contribution in [0.3, 0.4) is 0 Å². The molecule has 2 N–H and O–H groups in total. The Bertz CT molecular complexity index is 1050. The van der Waals surface area contributed by atoms with Gasteiger partial charge in [-0.15, -0.1) is 0 Å². The van der Waals surface area contributed by atoms with Crippen molar-refractivity contribution in [3.8, 4) is 22.4 Å². The average molecular weight is 349 g/mol. The molecule has 132 valence electrons. The van der Waals surface area contributed by atoms with Crippen LogP contribution in [0.15, 0.2) is 55.0 Å². The van der Waals surface area contributed by atoms with Crippen LogP contribution in [0.2, 0.25) is 0 Å². The summed E-state index contributed by atoms with van der Waals surface area (Å²) >= 11 is 0. The van der Waals surface area contributed by atoms with Crippen LogP contribution >= 0.6 is 0 Å². The third-order valence-corrected chi connectivity index (χ3v) is 4.09. The van der Waals surface area contributed by atoms with E-state index in [9.17, 15) is 4.39 Å². The standard InChI is InChI=1S/C20H20FN5/c1-20(2,3)24-18-11-22-17-9-6-14(12-26(17)18)16-10-23-25-19(16)13-4-7-15(21)8-5-13/h4-12,24H,1-3H3,(H,23,25). The van der Waals surface area contributed by atoms with E-state index in [1.165, 1.54) is 12.1 Å². The zero-order chi connectivity index (χ0) is 18.3. The smallest absolute Gasteiger partial charge is 0.138 e. The van der Waals surface area contributed by atoms with Crippen molar-refractivity contribution in [1.82, 2.24) is 19.6 Å². The van der Waals surface area contributed by atoms with Crippen molar-refractivity contribution >= 4 is 11.5 Å². The number of pyridine rings is 1. The van der Waals surface area contributed by atoms with E-state index in [0.717, 1.165) is 33.8 Å². The van der Waals surface area contributed by atoms with Gasteiger partial charge in [-0.05, 0) is 57.2 Å². The summed E-state index contributed by atoms with van der Waals surface area (Å²) in [7, 11) is 0. The lowest BCUT2D eigenvalue weighted by Crippen LogP contribution is -2.26. The number of benzene rings is 1. The van der Waals surface area contributed by atoms with Crippen LogP contribution < -0.4 is 5.32 Å². The second-order valence-electron chi connectivity index (χ2n) is 7.33. The molecule has 26 heavy (non-hydrogen) atoms. The molecule has 3 heterocycles. The van der Waals surface area contributed by atoms with E-state index in [-0.39, 0.29) is 11.4 Å². The Morgan fingerprint density at radius 2 is 1.73 bits per heavy atom. The molecule has 0 radical (unpaired) electrons. The molecular formula is C20H20FN5. The number of hydrogen-bond acceptors (Lipinski definition) is 3. The highest BCUT2D eigenvalue weighted by Gasteiger charge is 2.15. The minimum Gasteiger partial charge on any atom is -0.365 e. The molecular weight excluding hydrogens is 329 g/mol. The number of nitrogens with one attached hydrogen (secondary N) is 2. The molecule has 0 aliphatic carbocycles. The second kappa shape index (κ2) is 5.98. The number of aromatic amines is 1.